The molecule has 0 N–H and O–H groups in total. The summed E-state index contributed by atoms with van der Waals surface area (Å²) in [5, 5.41) is 0.740. The van der Waals surface area contributed by atoms with Crippen LogP contribution < -0.4 is 4.74 Å². The van der Waals surface area contributed by atoms with E-state index in [1.54, 1.807) is 0 Å². The van der Waals surface area contributed by atoms with Crippen molar-refractivity contribution in [2.75, 3.05) is 0 Å². The van der Waals surface area contributed by atoms with Gasteiger partial charge in [-0.05, 0) is 24.3 Å². The first-order chi connectivity index (χ1) is 7.69. The molecule has 0 spiro atoms. The van der Waals surface area contributed by atoms with Gasteiger partial charge in [-0.15, -0.1) is 11.6 Å². The van der Waals surface area contributed by atoms with Crippen LogP contribution in [0.4, 0.5) is 4.39 Å². The Bertz CT molecular complexity index is 486. The number of aromatic nitrogens is 1. The van der Waals surface area contributed by atoms with E-state index in [1.165, 1.54) is 35.6 Å². The van der Waals surface area contributed by atoms with Crippen molar-refractivity contribution in [1.82, 2.24) is 4.98 Å². The van der Waals surface area contributed by atoms with E-state index in [2.05, 4.69) is 4.98 Å². The predicted octanol–water partition coefficient (Wildman–Crippen LogP) is 4.47. The summed E-state index contributed by atoms with van der Waals surface area (Å²) in [5.74, 6) is 0.488. The highest BCUT2D eigenvalue weighted by Crippen LogP contribution is 2.32. The third-order valence-corrected chi connectivity index (χ3v) is 3.55. The Morgan fingerprint density at radius 1 is 1.31 bits per heavy atom. The lowest BCUT2D eigenvalue weighted by Crippen LogP contribution is -1.82. The van der Waals surface area contributed by atoms with E-state index in [0.29, 0.717) is 22.0 Å². The van der Waals surface area contributed by atoms with Gasteiger partial charge in [-0.1, -0.05) is 22.9 Å². The van der Waals surface area contributed by atoms with Crippen molar-refractivity contribution in [1.29, 1.82) is 0 Å². The van der Waals surface area contributed by atoms with E-state index < -0.39 is 0 Å². The maximum absolute atomic E-state index is 12.6. The smallest absolute Gasteiger partial charge is 0.280 e. The summed E-state index contributed by atoms with van der Waals surface area (Å²) in [4.78, 5) is 4.73. The number of halogens is 3. The van der Waals surface area contributed by atoms with Crippen molar-refractivity contribution < 1.29 is 9.13 Å². The van der Waals surface area contributed by atoms with Crippen molar-refractivity contribution in [2.24, 2.45) is 0 Å². The average molecular weight is 278 g/mol. The van der Waals surface area contributed by atoms with Crippen LogP contribution in [0.1, 0.15) is 4.88 Å². The Hall–Kier alpha value is -0.840. The second-order valence-corrected chi connectivity index (χ2v) is 4.55. The second-order valence-electron chi connectivity index (χ2n) is 2.88. The quantitative estimate of drug-likeness (QED) is 0.773. The molecule has 0 unspecified atom stereocenters. The van der Waals surface area contributed by atoms with Crippen molar-refractivity contribution in [3.05, 3.63) is 40.1 Å². The lowest BCUT2D eigenvalue weighted by molar-refractivity contribution is 0.477. The number of hydrogen-bond donors (Lipinski definition) is 0. The summed E-state index contributed by atoms with van der Waals surface area (Å²) < 4.78 is 18.0. The van der Waals surface area contributed by atoms with Gasteiger partial charge in [0.25, 0.3) is 5.19 Å². The minimum atomic E-state index is -0.314. The molecular formula is C10H6Cl2FNOS. The minimum Gasteiger partial charge on any atom is -0.431 e. The molecule has 0 saturated heterocycles. The monoisotopic (exact) mass is 277 g/mol. The molecule has 1 heterocycles. The van der Waals surface area contributed by atoms with Crippen LogP contribution in [-0.2, 0) is 5.88 Å². The minimum absolute atomic E-state index is 0.295. The number of nitrogens with zero attached hydrogens (tertiary/aromatic N) is 1. The highest BCUT2D eigenvalue weighted by atomic mass is 35.5. The van der Waals surface area contributed by atoms with Crippen LogP contribution >= 0.6 is 34.5 Å². The van der Waals surface area contributed by atoms with Gasteiger partial charge in [-0.2, -0.15) is 4.98 Å². The van der Waals surface area contributed by atoms with Gasteiger partial charge < -0.3 is 4.74 Å². The molecular weight excluding hydrogens is 272 g/mol. The fourth-order valence-electron chi connectivity index (χ4n) is 1.04. The highest BCUT2D eigenvalue weighted by molar-refractivity contribution is 7.14. The number of rotatable bonds is 3. The first-order valence-electron chi connectivity index (χ1n) is 4.33. The third-order valence-electron chi connectivity index (χ3n) is 1.77. The van der Waals surface area contributed by atoms with Gasteiger partial charge in [0.15, 0.2) is 0 Å². The van der Waals surface area contributed by atoms with E-state index in [4.69, 9.17) is 27.9 Å². The average Bonchev–Trinajstić information content (AvgIpc) is 2.62. The van der Waals surface area contributed by atoms with Crippen molar-refractivity contribution in [3.63, 3.8) is 0 Å². The fourth-order valence-corrected chi connectivity index (χ4v) is 2.38. The molecule has 2 rings (SSSR count). The van der Waals surface area contributed by atoms with Crippen LogP contribution in [0.15, 0.2) is 24.3 Å². The SMILES string of the molecule is Fc1ccc(Oc2nc(Cl)c(CCl)s2)cc1. The zero-order valence-electron chi connectivity index (χ0n) is 7.91. The van der Waals surface area contributed by atoms with Crippen molar-refractivity contribution in [2.45, 2.75) is 5.88 Å². The van der Waals surface area contributed by atoms with Gasteiger partial charge in [0, 0.05) is 0 Å². The molecule has 0 atom stereocenters. The highest BCUT2D eigenvalue weighted by Gasteiger charge is 2.09. The third kappa shape index (κ3) is 2.64. The molecule has 0 fully saturated rings. The Labute approximate surface area is 106 Å². The number of thiazole rings is 1. The molecule has 16 heavy (non-hydrogen) atoms. The number of ether oxygens (including phenoxy) is 1. The van der Waals surface area contributed by atoms with Crippen LogP contribution in [0.25, 0.3) is 0 Å². The van der Waals surface area contributed by atoms with E-state index in [9.17, 15) is 4.39 Å². The zero-order valence-corrected chi connectivity index (χ0v) is 10.2. The lowest BCUT2D eigenvalue weighted by atomic mass is 10.3. The number of alkyl halides is 1. The molecule has 2 aromatic rings. The standard InChI is InChI=1S/C10H6Cl2FNOS/c11-5-8-9(12)14-10(16-8)15-7-3-1-6(13)2-4-7/h1-4H,5H2. The van der Waals surface area contributed by atoms with Gasteiger partial charge in [-0.3, -0.25) is 0 Å². The van der Waals surface area contributed by atoms with Crippen LogP contribution in [0, 0.1) is 5.82 Å². The molecule has 0 bridgehead atoms. The van der Waals surface area contributed by atoms with Crippen molar-refractivity contribution in [3.8, 4) is 10.9 Å². The van der Waals surface area contributed by atoms with Gasteiger partial charge >= 0.3 is 0 Å². The molecule has 6 heteroatoms. The predicted molar refractivity (Wildman–Crippen MR) is 63.2 cm³/mol. The van der Waals surface area contributed by atoms with E-state index in [-0.39, 0.29) is 5.82 Å². The zero-order chi connectivity index (χ0) is 11.5. The maximum atomic E-state index is 12.6. The molecule has 84 valence electrons. The molecule has 1 aromatic carbocycles. The summed E-state index contributed by atoms with van der Waals surface area (Å²) in [5.41, 5.74) is 0. The van der Waals surface area contributed by atoms with Crippen LogP contribution in [-0.4, -0.2) is 4.98 Å². The molecule has 0 saturated carbocycles. The molecule has 1 aromatic heterocycles. The first kappa shape index (κ1) is 11.6. The summed E-state index contributed by atoms with van der Waals surface area (Å²) in [7, 11) is 0. The Morgan fingerprint density at radius 3 is 2.56 bits per heavy atom. The topological polar surface area (TPSA) is 22.1 Å². The molecule has 0 amide bonds. The maximum Gasteiger partial charge on any atom is 0.280 e. The first-order valence-corrected chi connectivity index (χ1v) is 6.06. The van der Waals surface area contributed by atoms with Gasteiger partial charge in [-0.25, -0.2) is 4.39 Å². The Kier molecular flexibility index (Phi) is 3.63. The van der Waals surface area contributed by atoms with Crippen LogP contribution in [0.5, 0.6) is 10.9 Å². The summed E-state index contributed by atoms with van der Waals surface area (Å²) in [6.07, 6.45) is 0. The van der Waals surface area contributed by atoms with E-state index in [1.807, 2.05) is 0 Å². The van der Waals surface area contributed by atoms with E-state index in [0.717, 1.165) is 4.88 Å². The Balaban J connectivity index is 2.17. The summed E-state index contributed by atoms with van der Waals surface area (Å²) in [6, 6.07) is 5.66. The molecule has 0 aliphatic heterocycles. The molecule has 2 nitrogen and oxygen atoms in total. The van der Waals surface area contributed by atoms with Crippen LogP contribution in [0.3, 0.4) is 0 Å². The van der Waals surface area contributed by atoms with Crippen LogP contribution in [0.2, 0.25) is 5.15 Å². The second kappa shape index (κ2) is 4.99. The summed E-state index contributed by atoms with van der Waals surface area (Å²) >= 11 is 12.7. The largest absolute Gasteiger partial charge is 0.431 e. The Morgan fingerprint density at radius 2 is 2.00 bits per heavy atom. The number of hydrogen-bond acceptors (Lipinski definition) is 3. The van der Waals surface area contributed by atoms with Gasteiger partial charge in [0.1, 0.15) is 16.7 Å². The molecule has 0 aliphatic carbocycles. The van der Waals surface area contributed by atoms with Gasteiger partial charge in [0.2, 0.25) is 0 Å². The molecule has 0 radical (unpaired) electrons. The molecule has 0 aliphatic rings. The van der Waals surface area contributed by atoms with Crippen molar-refractivity contribution >= 4 is 34.5 Å². The number of benzene rings is 1. The summed E-state index contributed by atoms with van der Waals surface area (Å²) in [6.45, 7) is 0. The van der Waals surface area contributed by atoms with Gasteiger partial charge in [0.05, 0.1) is 10.8 Å². The van der Waals surface area contributed by atoms with E-state index >= 15 is 0 Å². The lowest BCUT2D eigenvalue weighted by Gasteiger charge is -1.99. The fraction of sp³-hybridized carbons (Fsp3) is 0.100. The normalized spacial score (nSPS) is 10.4.